The molecule has 0 aliphatic carbocycles. The molecular weight excluding hydrogens is 202 g/mol. The fourth-order valence-electron chi connectivity index (χ4n) is 1.83. The summed E-state index contributed by atoms with van der Waals surface area (Å²) in [5.41, 5.74) is 8.00. The average molecular weight is 217 g/mol. The van der Waals surface area contributed by atoms with Crippen LogP contribution in [0.5, 0.6) is 0 Å². The Labute approximate surface area is 95.0 Å². The largest absolute Gasteiger partial charge is 0.397 e. The smallest absolute Gasteiger partial charge is 0.0992 e. The molecule has 1 fully saturated rings. The topological polar surface area (TPSA) is 71.1 Å². The SMILES string of the molecule is N#Cc1ccc(NC2CCOCC2)c(N)c1. The fraction of sp³-hybridized carbons (Fsp3) is 0.417. The summed E-state index contributed by atoms with van der Waals surface area (Å²) in [6.07, 6.45) is 2.00. The van der Waals surface area contributed by atoms with Crippen LogP contribution in [-0.4, -0.2) is 19.3 Å². The van der Waals surface area contributed by atoms with Crippen LogP contribution in [-0.2, 0) is 4.74 Å². The molecule has 1 saturated heterocycles. The number of nitrogen functional groups attached to an aromatic ring is 1. The minimum absolute atomic E-state index is 0.420. The van der Waals surface area contributed by atoms with E-state index in [2.05, 4.69) is 11.4 Å². The molecule has 0 atom stereocenters. The zero-order valence-corrected chi connectivity index (χ0v) is 9.07. The van der Waals surface area contributed by atoms with Crippen LogP contribution in [0.4, 0.5) is 11.4 Å². The molecule has 1 aliphatic heterocycles. The Bertz CT molecular complexity index is 405. The molecule has 3 N–H and O–H groups in total. The molecule has 1 aromatic rings. The number of hydrogen-bond acceptors (Lipinski definition) is 4. The van der Waals surface area contributed by atoms with Gasteiger partial charge in [-0.05, 0) is 31.0 Å². The first-order chi connectivity index (χ1) is 7.79. The lowest BCUT2D eigenvalue weighted by Crippen LogP contribution is -2.28. The van der Waals surface area contributed by atoms with Crippen LogP contribution in [0, 0.1) is 11.3 Å². The quantitative estimate of drug-likeness (QED) is 0.740. The van der Waals surface area contributed by atoms with Crippen molar-refractivity contribution in [3.05, 3.63) is 23.8 Å². The predicted molar refractivity (Wildman–Crippen MR) is 63.0 cm³/mol. The van der Waals surface area contributed by atoms with Gasteiger partial charge in [0, 0.05) is 19.3 Å². The molecule has 2 rings (SSSR count). The van der Waals surface area contributed by atoms with Gasteiger partial charge in [0.2, 0.25) is 0 Å². The molecule has 0 aromatic heterocycles. The van der Waals surface area contributed by atoms with Gasteiger partial charge >= 0.3 is 0 Å². The number of benzene rings is 1. The first-order valence-electron chi connectivity index (χ1n) is 5.43. The number of nitrogens with zero attached hydrogens (tertiary/aromatic N) is 1. The molecule has 1 aliphatic rings. The number of ether oxygens (including phenoxy) is 1. The zero-order chi connectivity index (χ0) is 11.4. The standard InChI is InChI=1S/C12H15N3O/c13-8-9-1-2-12(11(14)7-9)15-10-3-5-16-6-4-10/h1-2,7,10,15H,3-6,14H2. The number of anilines is 2. The van der Waals surface area contributed by atoms with E-state index >= 15 is 0 Å². The Morgan fingerprint density at radius 2 is 2.12 bits per heavy atom. The van der Waals surface area contributed by atoms with Crippen LogP contribution < -0.4 is 11.1 Å². The Kier molecular flexibility index (Phi) is 3.28. The van der Waals surface area contributed by atoms with E-state index in [1.165, 1.54) is 0 Å². The number of rotatable bonds is 2. The maximum absolute atomic E-state index is 8.73. The molecule has 0 unspecified atom stereocenters. The zero-order valence-electron chi connectivity index (χ0n) is 9.07. The van der Waals surface area contributed by atoms with Crippen molar-refractivity contribution in [2.24, 2.45) is 0 Å². The second kappa shape index (κ2) is 4.86. The first-order valence-corrected chi connectivity index (χ1v) is 5.43. The van der Waals surface area contributed by atoms with Crippen molar-refractivity contribution >= 4 is 11.4 Å². The monoisotopic (exact) mass is 217 g/mol. The molecule has 4 heteroatoms. The van der Waals surface area contributed by atoms with Crippen molar-refractivity contribution in [2.45, 2.75) is 18.9 Å². The Balaban J connectivity index is 2.06. The Hall–Kier alpha value is -1.73. The summed E-state index contributed by atoms with van der Waals surface area (Å²) in [6, 6.07) is 7.83. The molecule has 84 valence electrons. The average Bonchev–Trinajstić information content (AvgIpc) is 2.33. The summed E-state index contributed by atoms with van der Waals surface area (Å²) in [5, 5.41) is 12.1. The molecule has 0 radical (unpaired) electrons. The van der Waals surface area contributed by atoms with Gasteiger partial charge in [-0.25, -0.2) is 0 Å². The summed E-state index contributed by atoms with van der Waals surface area (Å²) >= 11 is 0. The van der Waals surface area contributed by atoms with Crippen LogP contribution in [0.25, 0.3) is 0 Å². The summed E-state index contributed by atoms with van der Waals surface area (Å²) < 4.78 is 5.29. The Morgan fingerprint density at radius 1 is 1.38 bits per heavy atom. The van der Waals surface area contributed by atoms with Gasteiger partial charge in [0.05, 0.1) is 23.0 Å². The summed E-state index contributed by atoms with van der Waals surface area (Å²) in [7, 11) is 0. The third-order valence-electron chi connectivity index (χ3n) is 2.76. The van der Waals surface area contributed by atoms with Gasteiger partial charge < -0.3 is 15.8 Å². The summed E-state index contributed by atoms with van der Waals surface area (Å²) in [4.78, 5) is 0. The van der Waals surface area contributed by atoms with Gasteiger partial charge in [0.1, 0.15) is 0 Å². The van der Waals surface area contributed by atoms with E-state index in [4.69, 9.17) is 15.7 Å². The fourth-order valence-corrected chi connectivity index (χ4v) is 1.83. The second-order valence-electron chi connectivity index (χ2n) is 3.94. The normalized spacial score (nSPS) is 16.7. The lowest BCUT2D eigenvalue weighted by molar-refractivity contribution is 0.0904. The van der Waals surface area contributed by atoms with E-state index in [9.17, 15) is 0 Å². The second-order valence-corrected chi connectivity index (χ2v) is 3.94. The molecule has 0 saturated carbocycles. The van der Waals surface area contributed by atoms with E-state index in [0.29, 0.717) is 17.3 Å². The first kappa shape index (κ1) is 10.8. The molecule has 1 aromatic carbocycles. The highest BCUT2D eigenvalue weighted by Crippen LogP contribution is 2.22. The van der Waals surface area contributed by atoms with E-state index in [1.54, 1.807) is 12.1 Å². The van der Waals surface area contributed by atoms with Gasteiger partial charge in [-0.1, -0.05) is 0 Å². The van der Waals surface area contributed by atoms with Crippen LogP contribution in [0.3, 0.4) is 0 Å². The van der Waals surface area contributed by atoms with Gasteiger partial charge in [0.15, 0.2) is 0 Å². The highest BCUT2D eigenvalue weighted by molar-refractivity contribution is 5.68. The van der Waals surface area contributed by atoms with Gasteiger partial charge in [0.25, 0.3) is 0 Å². The van der Waals surface area contributed by atoms with Gasteiger partial charge in [-0.3, -0.25) is 0 Å². The molecule has 1 heterocycles. The molecule has 4 nitrogen and oxygen atoms in total. The minimum Gasteiger partial charge on any atom is -0.397 e. The number of nitrogens with two attached hydrogens (primary N) is 1. The highest BCUT2D eigenvalue weighted by atomic mass is 16.5. The molecule has 0 amide bonds. The number of hydrogen-bond donors (Lipinski definition) is 2. The predicted octanol–water partition coefficient (Wildman–Crippen LogP) is 1.73. The minimum atomic E-state index is 0.420. The number of nitriles is 1. The third-order valence-corrected chi connectivity index (χ3v) is 2.76. The lowest BCUT2D eigenvalue weighted by atomic mass is 10.1. The summed E-state index contributed by atoms with van der Waals surface area (Å²) in [5.74, 6) is 0. The lowest BCUT2D eigenvalue weighted by Gasteiger charge is -2.24. The molecular formula is C12H15N3O. The van der Waals surface area contributed by atoms with Crippen LogP contribution in [0.15, 0.2) is 18.2 Å². The van der Waals surface area contributed by atoms with Crippen LogP contribution >= 0.6 is 0 Å². The van der Waals surface area contributed by atoms with E-state index in [-0.39, 0.29) is 0 Å². The van der Waals surface area contributed by atoms with Gasteiger partial charge in [-0.15, -0.1) is 0 Å². The van der Waals surface area contributed by atoms with Crippen LogP contribution in [0.1, 0.15) is 18.4 Å². The van der Waals surface area contributed by atoms with Gasteiger partial charge in [-0.2, -0.15) is 5.26 Å². The van der Waals surface area contributed by atoms with Crippen molar-refractivity contribution in [3.8, 4) is 6.07 Å². The van der Waals surface area contributed by atoms with Crippen molar-refractivity contribution < 1.29 is 4.74 Å². The van der Waals surface area contributed by atoms with E-state index < -0.39 is 0 Å². The van der Waals surface area contributed by atoms with Crippen LogP contribution in [0.2, 0.25) is 0 Å². The van der Waals surface area contributed by atoms with Crippen molar-refractivity contribution in [3.63, 3.8) is 0 Å². The van der Waals surface area contributed by atoms with Crippen molar-refractivity contribution in [2.75, 3.05) is 24.3 Å². The van der Waals surface area contributed by atoms with Crippen molar-refractivity contribution in [1.82, 2.24) is 0 Å². The maximum atomic E-state index is 8.73. The maximum Gasteiger partial charge on any atom is 0.0992 e. The molecule has 0 spiro atoms. The number of nitrogens with one attached hydrogen (secondary N) is 1. The van der Waals surface area contributed by atoms with E-state index in [1.807, 2.05) is 6.07 Å². The van der Waals surface area contributed by atoms with Crippen molar-refractivity contribution in [1.29, 1.82) is 5.26 Å². The third kappa shape index (κ3) is 2.44. The van der Waals surface area contributed by atoms with E-state index in [0.717, 1.165) is 31.7 Å². The molecule has 0 bridgehead atoms. The molecule has 16 heavy (non-hydrogen) atoms. The summed E-state index contributed by atoms with van der Waals surface area (Å²) in [6.45, 7) is 1.60. The highest BCUT2D eigenvalue weighted by Gasteiger charge is 2.14. The Morgan fingerprint density at radius 3 is 2.75 bits per heavy atom.